The summed E-state index contributed by atoms with van der Waals surface area (Å²) in [5.41, 5.74) is 9.50. The van der Waals surface area contributed by atoms with Crippen molar-refractivity contribution in [2.75, 3.05) is 5.73 Å². The highest BCUT2D eigenvalue weighted by Crippen LogP contribution is 2.21. The molecule has 5 heteroatoms. The van der Waals surface area contributed by atoms with E-state index in [1.165, 1.54) is 0 Å². The lowest BCUT2D eigenvalue weighted by molar-refractivity contribution is 1.09. The van der Waals surface area contributed by atoms with Gasteiger partial charge in [0.15, 0.2) is 5.65 Å². The minimum Gasteiger partial charge on any atom is -0.396 e. The molecule has 0 fully saturated rings. The van der Waals surface area contributed by atoms with E-state index in [4.69, 9.17) is 5.73 Å². The van der Waals surface area contributed by atoms with Gasteiger partial charge in [-0.05, 0) is 35.8 Å². The maximum atomic E-state index is 5.83. The summed E-state index contributed by atoms with van der Waals surface area (Å²) in [5, 5.41) is 0. The summed E-state index contributed by atoms with van der Waals surface area (Å²) in [4.78, 5) is 4.37. The maximum absolute atomic E-state index is 5.83. The quantitative estimate of drug-likeness (QED) is 0.811. The molecule has 0 saturated heterocycles. The molecule has 0 amide bonds. The molecular weight excluding hydrogens is 310 g/mol. The lowest BCUT2D eigenvalue weighted by Crippen LogP contribution is -1.93. The van der Waals surface area contributed by atoms with Gasteiger partial charge in [0.05, 0.1) is 11.4 Å². The highest BCUT2D eigenvalue weighted by molar-refractivity contribution is 9.10. The van der Waals surface area contributed by atoms with Crippen LogP contribution in [0, 0.1) is 13.8 Å². The van der Waals surface area contributed by atoms with Gasteiger partial charge in [-0.1, -0.05) is 0 Å². The third-order valence-electron chi connectivity index (χ3n) is 2.19. The Kier molecular flexibility index (Phi) is 3.21. The molecule has 0 bridgehead atoms. The molecule has 0 aromatic carbocycles. The number of aromatic nitrogens is 2. The van der Waals surface area contributed by atoms with Crippen molar-refractivity contribution >= 4 is 44.2 Å². The van der Waals surface area contributed by atoms with Gasteiger partial charge < -0.3 is 10.1 Å². The fraction of sp³-hybridized carbons (Fsp3) is 0.222. The smallest absolute Gasteiger partial charge is 0.160 e. The van der Waals surface area contributed by atoms with Gasteiger partial charge in [-0.25, -0.2) is 4.98 Å². The fourth-order valence-electron chi connectivity index (χ4n) is 1.36. The van der Waals surface area contributed by atoms with E-state index in [1.807, 2.05) is 30.5 Å². The third kappa shape index (κ3) is 1.66. The number of hydrogen-bond acceptors (Lipinski definition) is 2. The number of aryl methyl sites for hydroxylation is 2. The zero-order valence-corrected chi connectivity index (χ0v) is 11.2. The first-order valence-corrected chi connectivity index (χ1v) is 4.79. The minimum absolute atomic E-state index is 0. The van der Waals surface area contributed by atoms with Crippen molar-refractivity contribution in [2.45, 2.75) is 13.8 Å². The van der Waals surface area contributed by atoms with Crippen molar-refractivity contribution in [3.05, 3.63) is 28.1 Å². The summed E-state index contributed by atoms with van der Waals surface area (Å²) in [6.07, 6.45) is 1.97. The van der Waals surface area contributed by atoms with Crippen molar-refractivity contribution < 1.29 is 0 Å². The van der Waals surface area contributed by atoms with Gasteiger partial charge in [-0.2, -0.15) is 0 Å². The Labute approximate surface area is 101 Å². The number of halogens is 2. The molecule has 2 aromatic heterocycles. The molecule has 0 saturated carbocycles. The molecule has 0 radical (unpaired) electrons. The Morgan fingerprint density at radius 3 is 2.71 bits per heavy atom. The van der Waals surface area contributed by atoms with Gasteiger partial charge >= 0.3 is 0 Å². The molecule has 0 unspecified atom stereocenters. The van der Waals surface area contributed by atoms with Crippen LogP contribution in [0.25, 0.3) is 5.65 Å². The number of nitrogens with zero attached hydrogens (tertiary/aromatic N) is 2. The molecule has 14 heavy (non-hydrogen) atoms. The molecule has 76 valence electrons. The number of nitrogens with two attached hydrogens (primary N) is 1. The van der Waals surface area contributed by atoms with Gasteiger partial charge in [0.2, 0.25) is 0 Å². The van der Waals surface area contributed by atoms with E-state index in [9.17, 15) is 0 Å². The summed E-state index contributed by atoms with van der Waals surface area (Å²) < 4.78 is 2.97. The number of hydrogen-bond donors (Lipinski definition) is 1. The second-order valence-corrected chi connectivity index (χ2v) is 4.01. The predicted octanol–water partition coefficient (Wildman–Crippen LogP) is 2.87. The minimum atomic E-state index is 0. The first kappa shape index (κ1) is 11.5. The Bertz CT molecular complexity index is 476. The summed E-state index contributed by atoms with van der Waals surface area (Å²) in [7, 11) is 0. The molecular formula is C9H11Br2N3. The average molecular weight is 321 g/mol. The summed E-state index contributed by atoms with van der Waals surface area (Å²) in [5.74, 6) is 0. The fourth-order valence-corrected chi connectivity index (χ4v) is 1.81. The molecule has 0 aliphatic carbocycles. The van der Waals surface area contributed by atoms with Gasteiger partial charge in [0, 0.05) is 16.4 Å². The van der Waals surface area contributed by atoms with Crippen LogP contribution in [0.4, 0.5) is 5.69 Å². The van der Waals surface area contributed by atoms with Crippen molar-refractivity contribution in [2.24, 2.45) is 0 Å². The number of nitrogen functional groups attached to an aromatic ring is 1. The number of pyridine rings is 1. The highest BCUT2D eigenvalue weighted by atomic mass is 79.9. The zero-order chi connectivity index (χ0) is 9.59. The lowest BCUT2D eigenvalue weighted by Gasteiger charge is -2.00. The van der Waals surface area contributed by atoms with Crippen molar-refractivity contribution in [3.63, 3.8) is 0 Å². The van der Waals surface area contributed by atoms with Crippen molar-refractivity contribution in [1.82, 2.24) is 9.38 Å². The highest BCUT2D eigenvalue weighted by Gasteiger charge is 2.07. The van der Waals surface area contributed by atoms with Gasteiger partial charge in [-0.15, -0.1) is 17.0 Å². The Balaban J connectivity index is 0.000000980. The molecule has 2 N–H and O–H groups in total. The van der Waals surface area contributed by atoms with Crippen LogP contribution >= 0.6 is 32.9 Å². The van der Waals surface area contributed by atoms with E-state index in [2.05, 4.69) is 20.9 Å². The van der Waals surface area contributed by atoms with Crippen LogP contribution in [0.1, 0.15) is 11.4 Å². The van der Waals surface area contributed by atoms with Gasteiger partial charge in [-0.3, -0.25) is 0 Å². The number of anilines is 1. The molecule has 2 heterocycles. The van der Waals surface area contributed by atoms with E-state index in [0.29, 0.717) is 5.69 Å². The molecule has 0 atom stereocenters. The first-order chi connectivity index (χ1) is 6.09. The van der Waals surface area contributed by atoms with E-state index < -0.39 is 0 Å². The lowest BCUT2D eigenvalue weighted by atomic mass is 10.4. The van der Waals surface area contributed by atoms with E-state index in [0.717, 1.165) is 21.5 Å². The third-order valence-corrected chi connectivity index (χ3v) is 2.62. The Morgan fingerprint density at radius 2 is 2.07 bits per heavy atom. The monoisotopic (exact) mass is 319 g/mol. The van der Waals surface area contributed by atoms with E-state index >= 15 is 0 Å². The second-order valence-electron chi connectivity index (χ2n) is 3.09. The molecule has 0 aliphatic heterocycles. The Morgan fingerprint density at radius 1 is 1.43 bits per heavy atom. The van der Waals surface area contributed by atoms with Crippen LogP contribution in [0.3, 0.4) is 0 Å². The topological polar surface area (TPSA) is 43.3 Å². The molecule has 3 nitrogen and oxygen atoms in total. The standard InChI is InChI=1S/C9H10BrN3.BrH/c1-5-6(2)13-4-7(10)3-8(11)9(13)12-5;/h3-4H,11H2,1-2H3;1H. The predicted molar refractivity (Wildman–Crippen MR) is 67.1 cm³/mol. The first-order valence-electron chi connectivity index (χ1n) is 4.00. The van der Waals surface area contributed by atoms with Crippen molar-refractivity contribution in [1.29, 1.82) is 0 Å². The average Bonchev–Trinajstić information content (AvgIpc) is 2.32. The second kappa shape index (κ2) is 3.90. The van der Waals surface area contributed by atoms with Crippen molar-refractivity contribution in [3.8, 4) is 0 Å². The normalized spacial score (nSPS) is 10.2. The molecule has 0 aliphatic rings. The summed E-state index contributed by atoms with van der Waals surface area (Å²) >= 11 is 3.40. The summed E-state index contributed by atoms with van der Waals surface area (Å²) in [6, 6.07) is 1.86. The number of rotatable bonds is 0. The SMILES string of the molecule is Br.Cc1nc2c(N)cc(Br)cn2c1C. The van der Waals surface area contributed by atoms with Crippen LogP contribution in [0.2, 0.25) is 0 Å². The van der Waals surface area contributed by atoms with Gasteiger partial charge in [0.25, 0.3) is 0 Å². The molecule has 2 rings (SSSR count). The van der Waals surface area contributed by atoms with Gasteiger partial charge in [0.1, 0.15) is 0 Å². The van der Waals surface area contributed by atoms with E-state index in [1.54, 1.807) is 0 Å². The largest absolute Gasteiger partial charge is 0.396 e. The van der Waals surface area contributed by atoms with Crippen LogP contribution in [0.5, 0.6) is 0 Å². The van der Waals surface area contributed by atoms with Crippen LogP contribution in [-0.2, 0) is 0 Å². The zero-order valence-electron chi connectivity index (χ0n) is 7.91. The maximum Gasteiger partial charge on any atom is 0.160 e. The Hall–Kier alpha value is -0.550. The summed E-state index contributed by atoms with van der Waals surface area (Å²) in [6.45, 7) is 4.01. The number of imidazole rings is 1. The number of fused-ring (bicyclic) bond motifs is 1. The van der Waals surface area contributed by atoms with Crippen LogP contribution in [-0.4, -0.2) is 9.38 Å². The molecule has 2 aromatic rings. The molecule has 0 spiro atoms. The van der Waals surface area contributed by atoms with E-state index in [-0.39, 0.29) is 17.0 Å². The van der Waals surface area contributed by atoms with Crippen LogP contribution in [0.15, 0.2) is 16.7 Å². The van der Waals surface area contributed by atoms with Crippen LogP contribution < -0.4 is 5.73 Å².